The second-order valence-electron chi connectivity index (χ2n) is 7.77. The number of sulfonamides is 1. The molecule has 6 nitrogen and oxygen atoms in total. The molecule has 0 unspecified atom stereocenters. The van der Waals surface area contributed by atoms with Crippen LogP contribution >= 0.6 is 0 Å². The molecule has 3 rings (SSSR count). The van der Waals surface area contributed by atoms with Gasteiger partial charge in [0.1, 0.15) is 18.9 Å². The van der Waals surface area contributed by atoms with Crippen LogP contribution in [-0.4, -0.2) is 34.0 Å². The summed E-state index contributed by atoms with van der Waals surface area (Å²) < 4.78 is 33.9. The van der Waals surface area contributed by atoms with Crippen molar-refractivity contribution in [2.45, 2.75) is 32.1 Å². The van der Waals surface area contributed by atoms with E-state index in [9.17, 15) is 13.2 Å². The molecule has 0 aliphatic heterocycles. The van der Waals surface area contributed by atoms with Gasteiger partial charge in [-0.05, 0) is 61.2 Å². The Morgan fingerprint density at radius 3 is 2.39 bits per heavy atom. The van der Waals surface area contributed by atoms with Gasteiger partial charge in [0.2, 0.25) is 5.91 Å². The number of hydrogen-bond acceptors (Lipinski definition) is 4. The highest BCUT2D eigenvalue weighted by atomic mass is 32.2. The fourth-order valence-corrected chi connectivity index (χ4v) is 4.95. The number of anilines is 1. The lowest BCUT2D eigenvalue weighted by molar-refractivity contribution is -0.119. The highest BCUT2D eigenvalue weighted by Gasteiger charge is 2.28. The third kappa shape index (κ3) is 6.14. The molecule has 0 spiro atoms. The molecule has 3 aromatic rings. The van der Waals surface area contributed by atoms with Crippen molar-refractivity contribution in [3.63, 3.8) is 0 Å². The van der Waals surface area contributed by atoms with Crippen LogP contribution in [0.5, 0.6) is 5.75 Å². The summed E-state index contributed by atoms with van der Waals surface area (Å²) in [6.07, 6.45) is 0.641. The number of para-hydroxylation sites is 1. The van der Waals surface area contributed by atoms with Crippen molar-refractivity contribution >= 4 is 21.6 Å². The van der Waals surface area contributed by atoms with Gasteiger partial charge in [0.25, 0.3) is 10.0 Å². The van der Waals surface area contributed by atoms with Gasteiger partial charge in [-0.1, -0.05) is 55.5 Å². The first-order chi connectivity index (χ1) is 15.8. The molecule has 0 radical (unpaired) electrons. The maximum atomic E-state index is 13.4. The molecule has 0 bridgehead atoms. The van der Waals surface area contributed by atoms with E-state index in [0.717, 1.165) is 22.4 Å². The fraction of sp³-hybridized carbons (Fsp3) is 0.269. The number of aryl methyl sites for hydroxylation is 3. The molecule has 0 aliphatic carbocycles. The Balaban J connectivity index is 1.73. The second-order valence-corrected chi connectivity index (χ2v) is 9.64. The summed E-state index contributed by atoms with van der Waals surface area (Å²) in [7, 11) is -3.92. The molecule has 0 saturated carbocycles. The fourth-order valence-electron chi connectivity index (χ4n) is 3.47. The summed E-state index contributed by atoms with van der Waals surface area (Å²) in [5.41, 5.74) is 3.47. The van der Waals surface area contributed by atoms with Gasteiger partial charge in [0.05, 0.1) is 17.1 Å². The highest BCUT2D eigenvalue weighted by molar-refractivity contribution is 7.92. The number of ether oxygens (including phenoxy) is 1. The summed E-state index contributed by atoms with van der Waals surface area (Å²) in [4.78, 5) is 12.9. The zero-order chi connectivity index (χ0) is 23.8. The molecule has 7 heteroatoms. The van der Waals surface area contributed by atoms with Gasteiger partial charge in [-0.25, -0.2) is 8.42 Å². The van der Waals surface area contributed by atoms with Gasteiger partial charge in [-0.15, -0.1) is 0 Å². The second kappa shape index (κ2) is 11.0. The third-order valence-electron chi connectivity index (χ3n) is 5.29. The van der Waals surface area contributed by atoms with Crippen LogP contribution in [0.3, 0.4) is 0 Å². The Morgan fingerprint density at radius 1 is 0.970 bits per heavy atom. The molecule has 0 heterocycles. The first-order valence-electron chi connectivity index (χ1n) is 11.0. The van der Waals surface area contributed by atoms with Crippen molar-refractivity contribution in [2.75, 3.05) is 24.0 Å². The van der Waals surface area contributed by atoms with Crippen LogP contribution in [0.2, 0.25) is 0 Å². The van der Waals surface area contributed by atoms with E-state index in [4.69, 9.17) is 4.74 Å². The van der Waals surface area contributed by atoms with Crippen LogP contribution in [0.4, 0.5) is 5.69 Å². The van der Waals surface area contributed by atoms with Crippen LogP contribution in [0.1, 0.15) is 23.6 Å². The number of nitrogens with one attached hydrogen (secondary N) is 1. The third-order valence-corrected chi connectivity index (χ3v) is 7.06. The number of carbonyl (C=O) groups is 1. The molecular weight excluding hydrogens is 436 g/mol. The van der Waals surface area contributed by atoms with Crippen molar-refractivity contribution in [1.29, 1.82) is 0 Å². The molecule has 0 fully saturated rings. The van der Waals surface area contributed by atoms with Crippen LogP contribution in [-0.2, 0) is 21.2 Å². The summed E-state index contributed by atoms with van der Waals surface area (Å²) >= 11 is 0. The number of carbonyl (C=O) groups excluding carboxylic acids is 1. The predicted molar refractivity (Wildman–Crippen MR) is 131 cm³/mol. The molecule has 1 N–H and O–H groups in total. The zero-order valence-electron chi connectivity index (χ0n) is 19.2. The van der Waals surface area contributed by atoms with Crippen molar-refractivity contribution in [2.24, 2.45) is 0 Å². The first-order valence-corrected chi connectivity index (χ1v) is 12.4. The molecule has 1 amide bonds. The van der Waals surface area contributed by atoms with E-state index in [1.807, 2.05) is 51.1 Å². The number of rotatable bonds is 10. The van der Waals surface area contributed by atoms with Crippen LogP contribution in [0.15, 0.2) is 77.7 Å². The van der Waals surface area contributed by atoms with Crippen molar-refractivity contribution in [1.82, 2.24) is 5.32 Å². The average molecular weight is 467 g/mol. The average Bonchev–Trinajstić information content (AvgIpc) is 2.82. The van der Waals surface area contributed by atoms with Gasteiger partial charge in [0, 0.05) is 0 Å². The molecule has 174 valence electrons. The molecular formula is C26H30N2O4S. The van der Waals surface area contributed by atoms with E-state index >= 15 is 0 Å². The highest BCUT2D eigenvalue weighted by Crippen LogP contribution is 2.27. The van der Waals surface area contributed by atoms with E-state index in [1.165, 1.54) is 16.4 Å². The predicted octanol–water partition coefficient (Wildman–Crippen LogP) is 4.26. The number of amides is 1. The summed E-state index contributed by atoms with van der Waals surface area (Å²) in [5, 5.41) is 2.78. The van der Waals surface area contributed by atoms with Gasteiger partial charge in [-0.3, -0.25) is 9.10 Å². The Labute approximate surface area is 196 Å². The van der Waals surface area contributed by atoms with E-state index in [-0.39, 0.29) is 24.6 Å². The van der Waals surface area contributed by atoms with Gasteiger partial charge in [-0.2, -0.15) is 0 Å². The van der Waals surface area contributed by atoms with E-state index in [1.54, 1.807) is 30.3 Å². The summed E-state index contributed by atoms with van der Waals surface area (Å²) in [6, 6.07) is 21.4. The minimum Gasteiger partial charge on any atom is -0.491 e. The normalized spacial score (nSPS) is 11.1. The SMILES string of the molecule is CCc1ccccc1N(CC(=O)NCCOc1cc(C)ccc1C)S(=O)(=O)c1ccccc1. The summed E-state index contributed by atoms with van der Waals surface area (Å²) in [6.45, 7) is 6.14. The lowest BCUT2D eigenvalue weighted by atomic mass is 10.1. The number of hydrogen-bond donors (Lipinski definition) is 1. The van der Waals surface area contributed by atoms with E-state index in [0.29, 0.717) is 12.1 Å². The maximum absolute atomic E-state index is 13.4. The van der Waals surface area contributed by atoms with Crippen LogP contribution < -0.4 is 14.4 Å². The van der Waals surface area contributed by atoms with Crippen LogP contribution in [0.25, 0.3) is 0 Å². The van der Waals surface area contributed by atoms with Crippen LogP contribution in [0, 0.1) is 13.8 Å². The monoisotopic (exact) mass is 466 g/mol. The molecule has 3 aromatic carbocycles. The molecule has 0 saturated heterocycles. The van der Waals surface area contributed by atoms with Crippen molar-refractivity contribution < 1.29 is 17.9 Å². The Hall–Kier alpha value is -3.32. The van der Waals surface area contributed by atoms with Gasteiger partial charge >= 0.3 is 0 Å². The Morgan fingerprint density at radius 2 is 1.67 bits per heavy atom. The molecule has 33 heavy (non-hydrogen) atoms. The zero-order valence-corrected chi connectivity index (χ0v) is 20.1. The van der Waals surface area contributed by atoms with E-state index in [2.05, 4.69) is 5.32 Å². The lowest BCUT2D eigenvalue weighted by Crippen LogP contribution is -2.42. The Kier molecular flexibility index (Phi) is 8.11. The van der Waals surface area contributed by atoms with E-state index < -0.39 is 15.9 Å². The smallest absolute Gasteiger partial charge is 0.264 e. The molecule has 0 atom stereocenters. The minimum atomic E-state index is -3.92. The quantitative estimate of drug-likeness (QED) is 0.453. The topological polar surface area (TPSA) is 75.7 Å². The standard InChI is InChI=1S/C26H30N2O4S/c1-4-22-10-8-9-13-24(22)28(33(30,31)23-11-6-5-7-12-23)19-26(29)27-16-17-32-25-18-20(2)14-15-21(25)3/h5-15,18H,4,16-17,19H2,1-3H3,(H,27,29). The van der Waals surface area contributed by atoms with Crippen molar-refractivity contribution in [3.8, 4) is 5.75 Å². The van der Waals surface area contributed by atoms with Crippen molar-refractivity contribution in [3.05, 3.63) is 89.5 Å². The number of nitrogens with zero attached hydrogens (tertiary/aromatic N) is 1. The molecule has 0 aliphatic rings. The molecule has 0 aromatic heterocycles. The number of benzene rings is 3. The van der Waals surface area contributed by atoms with Gasteiger partial charge < -0.3 is 10.1 Å². The largest absolute Gasteiger partial charge is 0.491 e. The first kappa shape index (κ1) is 24.3. The summed E-state index contributed by atoms with van der Waals surface area (Å²) in [5.74, 6) is 0.374. The minimum absolute atomic E-state index is 0.141. The van der Waals surface area contributed by atoms with Gasteiger partial charge in [0.15, 0.2) is 0 Å². The Bertz CT molecular complexity index is 1190. The maximum Gasteiger partial charge on any atom is 0.264 e. The lowest BCUT2D eigenvalue weighted by Gasteiger charge is -2.26.